The number of ketones is 1. The van der Waals surface area contributed by atoms with Crippen LogP contribution in [0.1, 0.15) is 53.7 Å². The lowest BCUT2D eigenvalue weighted by Gasteiger charge is -2.22. The van der Waals surface area contributed by atoms with E-state index in [0.29, 0.717) is 17.0 Å². The van der Waals surface area contributed by atoms with Crippen LogP contribution in [0.3, 0.4) is 0 Å². The van der Waals surface area contributed by atoms with Gasteiger partial charge in [0.2, 0.25) is 5.91 Å². The first-order valence-electron chi connectivity index (χ1n) is 10.3. The van der Waals surface area contributed by atoms with E-state index >= 15 is 0 Å². The molecule has 1 N–H and O–H groups in total. The summed E-state index contributed by atoms with van der Waals surface area (Å²) in [7, 11) is 1.69. The van der Waals surface area contributed by atoms with Gasteiger partial charge in [-0.25, -0.2) is 4.79 Å². The van der Waals surface area contributed by atoms with Crippen LogP contribution in [-0.2, 0) is 21.5 Å². The van der Waals surface area contributed by atoms with Crippen molar-refractivity contribution < 1.29 is 19.2 Å². The maximum absolute atomic E-state index is 13.1. The predicted octanol–water partition coefficient (Wildman–Crippen LogP) is 2.98. The molecule has 0 aromatic heterocycles. The van der Waals surface area contributed by atoms with Crippen LogP contribution in [0.15, 0.2) is 42.5 Å². The van der Waals surface area contributed by atoms with Crippen molar-refractivity contribution in [3.63, 3.8) is 0 Å². The molecule has 2 aliphatic heterocycles. The van der Waals surface area contributed by atoms with Crippen molar-refractivity contribution in [1.82, 2.24) is 10.2 Å². The molecule has 2 aromatic rings. The van der Waals surface area contributed by atoms with Crippen LogP contribution in [0.5, 0.6) is 0 Å². The third-order valence-electron chi connectivity index (χ3n) is 6.21. The molecule has 160 valence electrons. The van der Waals surface area contributed by atoms with Gasteiger partial charge >= 0.3 is 6.03 Å². The van der Waals surface area contributed by atoms with Crippen molar-refractivity contribution in [3.8, 4) is 0 Å². The summed E-state index contributed by atoms with van der Waals surface area (Å²) in [5, 5.41) is 2.74. The maximum Gasteiger partial charge on any atom is 0.325 e. The first kappa shape index (κ1) is 20.8. The molecule has 0 saturated carbocycles. The topological polar surface area (TPSA) is 86.8 Å². The van der Waals surface area contributed by atoms with E-state index in [1.165, 1.54) is 0 Å². The summed E-state index contributed by atoms with van der Waals surface area (Å²) in [6, 6.07) is 12.0. The number of rotatable bonds is 5. The summed E-state index contributed by atoms with van der Waals surface area (Å²) in [6.45, 7) is 5.46. The molecule has 2 aliphatic rings. The van der Waals surface area contributed by atoms with Crippen LogP contribution < -0.4 is 10.2 Å². The average molecular weight is 419 g/mol. The first-order valence-corrected chi connectivity index (χ1v) is 10.3. The lowest BCUT2D eigenvalue weighted by molar-refractivity contribution is -0.130. The fourth-order valence-electron chi connectivity index (χ4n) is 4.12. The fraction of sp³-hybridized carbons (Fsp3) is 0.333. The third kappa shape index (κ3) is 3.40. The normalized spacial score (nSPS) is 20.5. The highest BCUT2D eigenvalue weighted by atomic mass is 16.2. The summed E-state index contributed by atoms with van der Waals surface area (Å²) in [4.78, 5) is 53.0. The summed E-state index contributed by atoms with van der Waals surface area (Å²) in [5.41, 5.74) is 2.50. The van der Waals surface area contributed by atoms with Gasteiger partial charge in [0.15, 0.2) is 5.78 Å². The van der Waals surface area contributed by atoms with Crippen LogP contribution in [0, 0.1) is 0 Å². The second-order valence-electron chi connectivity index (χ2n) is 8.62. The van der Waals surface area contributed by atoms with Gasteiger partial charge in [0.25, 0.3) is 5.91 Å². The van der Waals surface area contributed by atoms with Crippen molar-refractivity contribution in [2.24, 2.45) is 0 Å². The van der Waals surface area contributed by atoms with Crippen molar-refractivity contribution in [1.29, 1.82) is 0 Å². The van der Waals surface area contributed by atoms with Gasteiger partial charge in [-0.05, 0) is 47.7 Å². The largest absolute Gasteiger partial charge is 0.325 e. The highest BCUT2D eigenvalue weighted by molar-refractivity contribution is 6.11. The molecule has 7 heteroatoms. The molecule has 0 bridgehead atoms. The second-order valence-corrected chi connectivity index (χ2v) is 8.62. The molecule has 4 amide bonds. The number of urea groups is 1. The second kappa shape index (κ2) is 7.34. The number of benzene rings is 2. The fourth-order valence-corrected chi connectivity index (χ4v) is 4.12. The number of fused-ring (bicyclic) bond motifs is 1. The minimum Gasteiger partial charge on any atom is -0.319 e. The Labute approximate surface area is 181 Å². The van der Waals surface area contributed by atoms with E-state index in [4.69, 9.17) is 0 Å². The number of amides is 4. The van der Waals surface area contributed by atoms with Crippen molar-refractivity contribution in [2.45, 2.75) is 38.6 Å². The van der Waals surface area contributed by atoms with E-state index in [9.17, 15) is 19.2 Å². The number of Topliss-reactive ketones (excluding diaryl/α,β-unsaturated/α-hetero) is 1. The van der Waals surface area contributed by atoms with Crippen LogP contribution >= 0.6 is 0 Å². The number of nitrogens with zero attached hydrogens (tertiary/aromatic N) is 2. The number of carbonyl (C=O) groups is 4. The van der Waals surface area contributed by atoms with E-state index in [2.05, 4.69) is 19.2 Å². The van der Waals surface area contributed by atoms with Gasteiger partial charge in [-0.1, -0.05) is 38.1 Å². The Balaban J connectivity index is 1.54. The van der Waals surface area contributed by atoms with Crippen LogP contribution in [-0.4, -0.2) is 42.1 Å². The van der Waals surface area contributed by atoms with Crippen molar-refractivity contribution >= 4 is 29.3 Å². The number of carbonyl (C=O) groups excluding carboxylic acids is 4. The SMILES string of the molecule is CC(C)c1ccc([C@@]2(C)NC(=O)N(CC(=O)c3ccc4c(c3)CC(=O)N4C)C2=O)cc1. The van der Waals surface area contributed by atoms with E-state index < -0.39 is 17.5 Å². The molecule has 4 rings (SSSR count). The maximum atomic E-state index is 13.1. The summed E-state index contributed by atoms with van der Waals surface area (Å²) < 4.78 is 0. The molecular formula is C24H25N3O4. The Morgan fingerprint density at radius 3 is 2.42 bits per heavy atom. The molecule has 0 unspecified atom stereocenters. The van der Waals surface area contributed by atoms with Gasteiger partial charge in [-0.3, -0.25) is 19.3 Å². The standard InChI is InChI=1S/C24H25N3O4/c1-14(2)15-5-8-18(9-6-15)24(3)22(30)27(23(31)25-24)13-20(28)16-7-10-19-17(11-16)12-21(29)26(19)4/h5-11,14H,12-13H2,1-4H3,(H,25,31)/t24-/m1/s1. The zero-order chi connectivity index (χ0) is 22.5. The quantitative estimate of drug-likeness (QED) is 0.596. The van der Waals surface area contributed by atoms with Crippen LogP contribution in [0.25, 0.3) is 0 Å². The Bertz CT molecular complexity index is 1110. The Morgan fingerprint density at radius 2 is 1.77 bits per heavy atom. The zero-order valence-corrected chi connectivity index (χ0v) is 18.1. The van der Waals surface area contributed by atoms with Crippen LogP contribution in [0.4, 0.5) is 10.5 Å². The highest BCUT2D eigenvalue weighted by Gasteiger charge is 2.49. The van der Waals surface area contributed by atoms with Gasteiger partial charge in [-0.2, -0.15) is 0 Å². The highest BCUT2D eigenvalue weighted by Crippen LogP contribution is 2.31. The number of nitrogens with one attached hydrogen (secondary N) is 1. The first-order chi connectivity index (χ1) is 14.6. The number of anilines is 1. The summed E-state index contributed by atoms with van der Waals surface area (Å²) in [6.07, 6.45) is 0.237. The molecule has 0 spiro atoms. The Hall–Kier alpha value is -3.48. The summed E-state index contributed by atoms with van der Waals surface area (Å²) >= 11 is 0. The molecule has 7 nitrogen and oxygen atoms in total. The minimum atomic E-state index is -1.22. The smallest absolute Gasteiger partial charge is 0.319 e. The van der Waals surface area contributed by atoms with Gasteiger partial charge in [-0.15, -0.1) is 0 Å². The Morgan fingerprint density at radius 1 is 1.10 bits per heavy atom. The number of hydrogen-bond donors (Lipinski definition) is 1. The molecule has 2 heterocycles. The molecule has 1 atom stereocenters. The zero-order valence-electron chi connectivity index (χ0n) is 18.1. The summed E-state index contributed by atoms with van der Waals surface area (Å²) in [5.74, 6) is -0.493. The molecule has 1 saturated heterocycles. The van der Waals surface area contributed by atoms with E-state index in [-0.39, 0.29) is 24.7 Å². The lowest BCUT2D eigenvalue weighted by Crippen LogP contribution is -2.41. The van der Waals surface area contributed by atoms with E-state index in [0.717, 1.165) is 21.7 Å². The lowest BCUT2D eigenvalue weighted by atomic mass is 9.90. The average Bonchev–Trinajstić information content (AvgIpc) is 3.15. The molecular weight excluding hydrogens is 394 g/mol. The van der Waals surface area contributed by atoms with Gasteiger partial charge in [0.05, 0.1) is 13.0 Å². The van der Waals surface area contributed by atoms with Gasteiger partial charge in [0.1, 0.15) is 5.54 Å². The van der Waals surface area contributed by atoms with Crippen molar-refractivity contribution in [3.05, 3.63) is 64.7 Å². The molecule has 0 aliphatic carbocycles. The van der Waals surface area contributed by atoms with Crippen LogP contribution in [0.2, 0.25) is 0 Å². The number of likely N-dealkylation sites (N-methyl/N-ethyl adjacent to an activating group) is 1. The Kier molecular flexibility index (Phi) is 4.92. The molecule has 0 radical (unpaired) electrons. The molecule has 1 fully saturated rings. The predicted molar refractivity (Wildman–Crippen MR) is 116 cm³/mol. The van der Waals surface area contributed by atoms with Gasteiger partial charge < -0.3 is 10.2 Å². The monoisotopic (exact) mass is 419 g/mol. The van der Waals surface area contributed by atoms with Gasteiger partial charge in [0, 0.05) is 18.3 Å². The minimum absolute atomic E-state index is 0.0343. The van der Waals surface area contributed by atoms with E-state index in [1.807, 2.05) is 24.3 Å². The molecule has 31 heavy (non-hydrogen) atoms. The van der Waals surface area contributed by atoms with E-state index in [1.54, 1.807) is 37.1 Å². The molecule has 2 aromatic carbocycles. The third-order valence-corrected chi connectivity index (χ3v) is 6.21. The number of hydrogen-bond acceptors (Lipinski definition) is 4. The number of imide groups is 1. The van der Waals surface area contributed by atoms with Crippen molar-refractivity contribution in [2.75, 3.05) is 18.5 Å².